The van der Waals surface area contributed by atoms with E-state index in [0.717, 1.165) is 6.20 Å². The van der Waals surface area contributed by atoms with Crippen LogP contribution in [0, 0.1) is 10.1 Å². The van der Waals surface area contributed by atoms with Gasteiger partial charge in [0.2, 0.25) is 0 Å². The van der Waals surface area contributed by atoms with Crippen molar-refractivity contribution in [1.29, 1.82) is 0 Å². The fourth-order valence-corrected chi connectivity index (χ4v) is 0.921. The number of nitro groups is 1. The minimum absolute atomic E-state index is 0.104. The normalized spacial score (nSPS) is 9.71. The Morgan fingerprint density at radius 2 is 2.50 bits per heavy atom. The number of hydrogen-bond donors (Lipinski definition) is 2. The molecule has 0 aliphatic carbocycles. The molecule has 0 aliphatic heterocycles. The maximum absolute atomic E-state index is 10.4. The number of carbonyl (C=O) groups is 1. The molecule has 0 saturated carbocycles. The maximum atomic E-state index is 10.4. The Bertz CT molecular complexity index is 347. The molecule has 1 amide bonds. The van der Waals surface area contributed by atoms with E-state index < -0.39 is 11.0 Å². The van der Waals surface area contributed by atoms with Gasteiger partial charge in [0, 0.05) is 0 Å². The molecule has 0 unspecified atom stereocenters. The number of carboxylic acid groups (broad SMARTS) is 1. The van der Waals surface area contributed by atoms with Crippen LogP contribution in [0.5, 0.6) is 0 Å². The summed E-state index contributed by atoms with van der Waals surface area (Å²) in [7, 11) is 0. The van der Waals surface area contributed by atoms with Gasteiger partial charge in [-0.15, -0.1) is 0 Å². The molecular weight excluding hydrogens is 192 g/mol. The van der Waals surface area contributed by atoms with Gasteiger partial charge in [0.15, 0.2) is 6.33 Å². The monoisotopic (exact) mass is 200 g/mol. The van der Waals surface area contributed by atoms with Gasteiger partial charge in [0.25, 0.3) is 0 Å². The summed E-state index contributed by atoms with van der Waals surface area (Å²) in [6.45, 7) is 0.287. The predicted octanol–water partition coefficient (Wildman–Crippen LogP) is 0.0589. The van der Waals surface area contributed by atoms with E-state index in [9.17, 15) is 14.9 Å². The average molecular weight is 200 g/mol. The van der Waals surface area contributed by atoms with Gasteiger partial charge in [-0.2, -0.15) is 0 Å². The van der Waals surface area contributed by atoms with Crippen LogP contribution in [0.4, 0.5) is 10.6 Å². The molecule has 0 radical (unpaired) electrons. The number of rotatable bonds is 4. The molecule has 0 fully saturated rings. The Labute approximate surface area is 78.3 Å². The number of nitrogens with one attached hydrogen (secondary N) is 1. The zero-order valence-corrected chi connectivity index (χ0v) is 7.08. The highest BCUT2D eigenvalue weighted by Gasteiger charge is 2.11. The first kappa shape index (κ1) is 9.96. The molecule has 2 N–H and O–H groups in total. The zero-order chi connectivity index (χ0) is 10.6. The van der Waals surface area contributed by atoms with Crippen LogP contribution < -0.4 is 5.32 Å². The highest BCUT2D eigenvalue weighted by atomic mass is 16.6. The third-order valence-electron chi connectivity index (χ3n) is 1.51. The van der Waals surface area contributed by atoms with Crippen LogP contribution in [0.15, 0.2) is 12.5 Å². The summed E-state index contributed by atoms with van der Waals surface area (Å²) in [5.41, 5.74) is 0. The van der Waals surface area contributed by atoms with Crippen LogP contribution in [0.25, 0.3) is 0 Å². The summed E-state index contributed by atoms with van der Waals surface area (Å²) in [6, 6.07) is 0. The SMILES string of the molecule is O=C(O)NCCn1cncc1[N+](=O)[O-]. The predicted molar refractivity (Wildman–Crippen MR) is 44.9 cm³/mol. The van der Waals surface area contributed by atoms with Gasteiger partial charge in [0.05, 0.1) is 6.54 Å². The standard InChI is InChI=1S/C6H8N4O4/c11-6(12)8-1-2-9-4-7-3-5(9)10(13)14/h3-4,8H,1-2H2,(H,11,12). The molecule has 14 heavy (non-hydrogen) atoms. The molecule has 0 aliphatic rings. The Hall–Kier alpha value is -2.12. The fourth-order valence-electron chi connectivity index (χ4n) is 0.921. The molecule has 1 rings (SSSR count). The topological polar surface area (TPSA) is 110 Å². The molecular formula is C6H8N4O4. The summed E-state index contributed by atoms with van der Waals surface area (Å²) >= 11 is 0. The molecule has 8 heteroatoms. The maximum Gasteiger partial charge on any atom is 0.404 e. The first-order valence-corrected chi connectivity index (χ1v) is 3.72. The van der Waals surface area contributed by atoms with Crippen LogP contribution >= 0.6 is 0 Å². The average Bonchev–Trinajstić information content (AvgIpc) is 2.51. The van der Waals surface area contributed by atoms with E-state index in [1.165, 1.54) is 10.9 Å². The minimum Gasteiger partial charge on any atom is -0.465 e. The Morgan fingerprint density at radius 1 is 1.79 bits per heavy atom. The third kappa shape index (κ3) is 2.44. The summed E-state index contributed by atoms with van der Waals surface area (Å²) < 4.78 is 1.26. The lowest BCUT2D eigenvalue weighted by atomic mass is 10.6. The van der Waals surface area contributed by atoms with Crippen LogP contribution in [0.3, 0.4) is 0 Å². The van der Waals surface area contributed by atoms with Gasteiger partial charge < -0.3 is 20.5 Å². The fraction of sp³-hybridized carbons (Fsp3) is 0.333. The Balaban J connectivity index is 2.54. The number of nitrogens with zero attached hydrogens (tertiary/aromatic N) is 3. The van der Waals surface area contributed by atoms with E-state index in [4.69, 9.17) is 5.11 Å². The lowest BCUT2D eigenvalue weighted by Gasteiger charge is -2.00. The summed E-state index contributed by atoms with van der Waals surface area (Å²) in [5, 5.41) is 20.7. The molecule has 1 aromatic rings. The Kier molecular flexibility index (Phi) is 3.00. The van der Waals surface area contributed by atoms with Crippen molar-refractivity contribution in [2.75, 3.05) is 6.54 Å². The second-order valence-corrected chi connectivity index (χ2v) is 2.43. The first-order chi connectivity index (χ1) is 6.61. The number of amides is 1. The van der Waals surface area contributed by atoms with Crippen molar-refractivity contribution < 1.29 is 14.8 Å². The molecule has 76 valence electrons. The Morgan fingerprint density at radius 3 is 3.07 bits per heavy atom. The van der Waals surface area contributed by atoms with Gasteiger partial charge in [-0.25, -0.2) is 14.3 Å². The lowest BCUT2D eigenvalue weighted by molar-refractivity contribution is -0.392. The van der Waals surface area contributed by atoms with Crippen LogP contribution in [0.2, 0.25) is 0 Å². The van der Waals surface area contributed by atoms with E-state index in [0.29, 0.717) is 0 Å². The molecule has 0 atom stereocenters. The molecule has 8 nitrogen and oxygen atoms in total. The van der Waals surface area contributed by atoms with E-state index in [-0.39, 0.29) is 18.9 Å². The van der Waals surface area contributed by atoms with Gasteiger partial charge in [-0.05, 0) is 4.92 Å². The molecule has 1 aromatic heterocycles. The van der Waals surface area contributed by atoms with Crippen molar-refractivity contribution in [3.05, 3.63) is 22.6 Å². The van der Waals surface area contributed by atoms with E-state index in [1.54, 1.807) is 0 Å². The lowest BCUT2D eigenvalue weighted by Crippen LogP contribution is -2.25. The summed E-state index contributed by atoms with van der Waals surface area (Å²) in [4.78, 5) is 23.5. The van der Waals surface area contributed by atoms with Crippen molar-refractivity contribution in [3.8, 4) is 0 Å². The first-order valence-electron chi connectivity index (χ1n) is 3.72. The van der Waals surface area contributed by atoms with Gasteiger partial charge >= 0.3 is 11.9 Å². The summed E-state index contributed by atoms with van der Waals surface area (Å²) in [5.74, 6) is -0.155. The quantitative estimate of drug-likeness (QED) is 0.527. The zero-order valence-electron chi connectivity index (χ0n) is 7.08. The number of aromatic nitrogens is 2. The van der Waals surface area contributed by atoms with Gasteiger partial charge in [-0.3, -0.25) is 0 Å². The van der Waals surface area contributed by atoms with E-state index >= 15 is 0 Å². The van der Waals surface area contributed by atoms with E-state index in [1.807, 2.05) is 0 Å². The molecule has 0 aromatic carbocycles. The molecule has 0 spiro atoms. The highest BCUT2D eigenvalue weighted by molar-refractivity contribution is 5.64. The van der Waals surface area contributed by atoms with Crippen LogP contribution in [0.1, 0.15) is 0 Å². The van der Waals surface area contributed by atoms with Crippen molar-refractivity contribution in [1.82, 2.24) is 14.9 Å². The van der Waals surface area contributed by atoms with E-state index in [2.05, 4.69) is 10.3 Å². The smallest absolute Gasteiger partial charge is 0.404 e. The molecule has 0 bridgehead atoms. The van der Waals surface area contributed by atoms with Crippen molar-refractivity contribution in [2.45, 2.75) is 6.54 Å². The number of hydrogen-bond acceptors (Lipinski definition) is 4. The van der Waals surface area contributed by atoms with Crippen molar-refractivity contribution in [2.24, 2.45) is 0 Å². The molecule has 0 saturated heterocycles. The number of imidazole rings is 1. The van der Waals surface area contributed by atoms with Crippen LogP contribution in [-0.2, 0) is 6.54 Å². The second kappa shape index (κ2) is 4.21. The van der Waals surface area contributed by atoms with Gasteiger partial charge in [-0.1, -0.05) is 0 Å². The van der Waals surface area contributed by atoms with Crippen molar-refractivity contribution in [3.63, 3.8) is 0 Å². The largest absolute Gasteiger partial charge is 0.465 e. The molecule has 1 heterocycles. The highest BCUT2D eigenvalue weighted by Crippen LogP contribution is 2.08. The minimum atomic E-state index is -1.16. The third-order valence-corrected chi connectivity index (χ3v) is 1.51. The van der Waals surface area contributed by atoms with Gasteiger partial charge in [0.1, 0.15) is 12.7 Å². The van der Waals surface area contributed by atoms with Crippen molar-refractivity contribution >= 4 is 11.9 Å². The second-order valence-electron chi connectivity index (χ2n) is 2.43. The summed E-state index contributed by atoms with van der Waals surface area (Å²) in [6.07, 6.45) is 1.23. The van der Waals surface area contributed by atoms with Crippen LogP contribution in [-0.4, -0.2) is 32.2 Å².